The van der Waals surface area contributed by atoms with Gasteiger partial charge in [0, 0.05) is 78.6 Å². The van der Waals surface area contributed by atoms with E-state index in [-0.39, 0.29) is 11.6 Å². The molecule has 13 aromatic rings. The van der Waals surface area contributed by atoms with E-state index in [4.69, 9.17) is 0 Å². The molecule has 64 heavy (non-hydrogen) atoms. The molecular formula is C58H38F2N2S2. The molecular weight excluding hydrogens is 827 g/mol. The number of para-hydroxylation sites is 2. The van der Waals surface area contributed by atoms with E-state index in [2.05, 4.69) is 144 Å². The Balaban J connectivity index is 1.29. The van der Waals surface area contributed by atoms with E-state index in [1.54, 1.807) is 24.3 Å². The lowest BCUT2D eigenvalue weighted by molar-refractivity contribution is 0.627. The molecule has 4 aromatic heterocycles. The lowest BCUT2D eigenvalue weighted by atomic mass is 9.83. The Hall–Kier alpha value is -7.12. The molecule has 0 aliphatic carbocycles. The van der Waals surface area contributed by atoms with Gasteiger partial charge in [-0.1, -0.05) is 111 Å². The first-order valence-electron chi connectivity index (χ1n) is 21.9. The third-order valence-electron chi connectivity index (χ3n) is 13.4. The molecule has 0 aliphatic heterocycles. The highest BCUT2D eigenvalue weighted by Crippen LogP contribution is 2.52. The van der Waals surface area contributed by atoms with Crippen molar-refractivity contribution in [1.29, 1.82) is 0 Å². The van der Waals surface area contributed by atoms with E-state index in [0.29, 0.717) is 12.8 Å². The van der Waals surface area contributed by atoms with Crippen LogP contribution in [0.4, 0.5) is 8.78 Å². The van der Waals surface area contributed by atoms with Crippen molar-refractivity contribution >= 4 is 107 Å². The van der Waals surface area contributed by atoms with E-state index in [0.717, 1.165) is 66.8 Å². The first-order chi connectivity index (χ1) is 31.5. The van der Waals surface area contributed by atoms with Crippen LogP contribution in [-0.2, 0) is 12.8 Å². The van der Waals surface area contributed by atoms with E-state index in [9.17, 15) is 0 Å². The predicted molar refractivity (Wildman–Crippen MR) is 270 cm³/mol. The predicted octanol–water partition coefficient (Wildman–Crippen LogP) is 17.4. The van der Waals surface area contributed by atoms with Gasteiger partial charge in [0.05, 0.1) is 33.4 Å². The molecule has 0 saturated carbocycles. The van der Waals surface area contributed by atoms with Crippen molar-refractivity contribution in [3.63, 3.8) is 0 Å². The zero-order valence-electron chi connectivity index (χ0n) is 35.0. The van der Waals surface area contributed by atoms with Gasteiger partial charge in [0.2, 0.25) is 0 Å². The molecule has 13 rings (SSSR count). The number of halogens is 2. The molecule has 0 aliphatic rings. The second kappa shape index (κ2) is 14.2. The maximum Gasteiger partial charge on any atom is 0.123 e. The average molecular weight is 865 g/mol. The Labute approximate surface area is 375 Å². The summed E-state index contributed by atoms with van der Waals surface area (Å²) in [6, 6.07) is 58.3. The Morgan fingerprint density at radius 3 is 1.17 bits per heavy atom. The minimum Gasteiger partial charge on any atom is -0.308 e. The second-order valence-electron chi connectivity index (χ2n) is 16.7. The van der Waals surface area contributed by atoms with E-state index >= 15 is 8.78 Å². The molecule has 0 atom stereocenters. The highest BCUT2D eigenvalue weighted by Gasteiger charge is 2.31. The molecule has 9 aromatic carbocycles. The van der Waals surface area contributed by atoms with E-state index in [1.165, 1.54) is 61.9 Å². The molecule has 0 amide bonds. The van der Waals surface area contributed by atoms with Crippen LogP contribution in [-0.4, -0.2) is 9.13 Å². The molecule has 4 heterocycles. The lowest BCUT2D eigenvalue weighted by Gasteiger charge is -2.29. The fraction of sp³-hybridized carbons (Fsp3) is 0.0690. The Kier molecular flexibility index (Phi) is 8.30. The van der Waals surface area contributed by atoms with Crippen LogP contribution in [0.15, 0.2) is 170 Å². The summed E-state index contributed by atoms with van der Waals surface area (Å²) in [5.74, 6) is -0.564. The van der Waals surface area contributed by atoms with Crippen molar-refractivity contribution in [3.8, 4) is 33.6 Å². The van der Waals surface area contributed by atoms with Crippen LogP contribution in [0, 0.1) is 11.6 Å². The van der Waals surface area contributed by atoms with Crippen LogP contribution < -0.4 is 0 Å². The van der Waals surface area contributed by atoms with E-state index < -0.39 is 0 Å². The number of hydrogen-bond acceptors (Lipinski definition) is 2. The van der Waals surface area contributed by atoms with Crippen LogP contribution in [0.1, 0.15) is 25.0 Å². The third-order valence-corrected chi connectivity index (χ3v) is 15.7. The van der Waals surface area contributed by atoms with Crippen molar-refractivity contribution in [1.82, 2.24) is 9.13 Å². The molecule has 306 valence electrons. The number of benzene rings is 9. The fourth-order valence-corrected chi connectivity index (χ4v) is 13.1. The number of fused-ring (bicyclic) bond motifs is 14. The maximum absolute atomic E-state index is 15.0. The number of thiophene rings is 2. The van der Waals surface area contributed by atoms with Gasteiger partial charge in [0.1, 0.15) is 11.6 Å². The zero-order valence-corrected chi connectivity index (χ0v) is 36.7. The van der Waals surface area contributed by atoms with E-state index in [1.807, 2.05) is 46.9 Å². The van der Waals surface area contributed by atoms with Gasteiger partial charge in [-0.25, -0.2) is 8.78 Å². The highest BCUT2D eigenvalue weighted by atomic mass is 32.1. The fourth-order valence-electron chi connectivity index (χ4n) is 10.9. The summed E-state index contributed by atoms with van der Waals surface area (Å²) in [7, 11) is 0. The molecule has 2 nitrogen and oxygen atoms in total. The number of nitrogens with zero attached hydrogens (tertiary/aromatic N) is 2. The molecule has 0 spiro atoms. The van der Waals surface area contributed by atoms with Crippen molar-refractivity contribution in [2.45, 2.75) is 26.7 Å². The largest absolute Gasteiger partial charge is 0.308 e. The quantitative estimate of drug-likeness (QED) is 0.158. The smallest absolute Gasteiger partial charge is 0.123 e. The number of hydrogen-bond donors (Lipinski definition) is 0. The number of aromatic nitrogens is 2. The van der Waals surface area contributed by atoms with Crippen molar-refractivity contribution in [2.75, 3.05) is 0 Å². The zero-order chi connectivity index (χ0) is 42.8. The van der Waals surface area contributed by atoms with Gasteiger partial charge in [-0.15, -0.1) is 22.7 Å². The third kappa shape index (κ3) is 5.21. The van der Waals surface area contributed by atoms with Gasteiger partial charge in [-0.3, -0.25) is 0 Å². The van der Waals surface area contributed by atoms with Crippen molar-refractivity contribution in [2.24, 2.45) is 0 Å². The topological polar surface area (TPSA) is 9.86 Å². The SMILES string of the molecule is CCc1c(-c2ccc(F)cc2)c(-n2c3ccccc3c3c4c(ccc32)sc2ccccc24)c(CC)c(-n2c3ccccc3c3c4c(ccc32)sc2ccccc24)c1-c1ccc(F)cc1. The van der Waals surface area contributed by atoms with Gasteiger partial charge >= 0.3 is 0 Å². The maximum atomic E-state index is 15.0. The Morgan fingerprint density at radius 1 is 0.359 bits per heavy atom. The van der Waals surface area contributed by atoms with Crippen LogP contribution in [0.3, 0.4) is 0 Å². The van der Waals surface area contributed by atoms with Gasteiger partial charge in [-0.2, -0.15) is 0 Å². The summed E-state index contributed by atoms with van der Waals surface area (Å²) in [5, 5.41) is 9.86. The first kappa shape index (κ1) is 37.4. The second-order valence-corrected chi connectivity index (χ2v) is 18.9. The average Bonchev–Trinajstić information content (AvgIpc) is 4.08. The van der Waals surface area contributed by atoms with Crippen LogP contribution in [0.2, 0.25) is 0 Å². The van der Waals surface area contributed by atoms with Gasteiger partial charge in [-0.05, 0) is 102 Å². The summed E-state index contributed by atoms with van der Waals surface area (Å²) in [5.41, 5.74) is 12.8. The van der Waals surface area contributed by atoms with Crippen LogP contribution >= 0.6 is 22.7 Å². The summed E-state index contributed by atoms with van der Waals surface area (Å²) in [4.78, 5) is 0. The molecule has 0 unspecified atom stereocenters. The monoisotopic (exact) mass is 864 g/mol. The number of rotatable bonds is 6. The molecule has 0 saturated heterocycles. The van der Waals surface area contributed by atoms with Gasteiger partial charge < -0.3 is 9.13 Å². The van der Waals surface area contributed by atoms with Crippen molar-refractivity contribution < 1.29 is 8.78 Å². The molecule has 0 bridgehead atoms. The summed E-state index contributed by atoms with van der Waals surface area (Å²) in [6.07, 6.45) is 1.34. The van der Waals surface area contributed by atoms with Gasteiger partial charge in [0.15, 0.2) is 0 Å². The highest BCUT2D eigenvalue weighted by molar-refractivity contribution is 7.26. The van der Waals surface area contributed by atoms with Crippen molar-refractivity contribution in [3.05, 3.63) is 193 Å². The molecule has 0 N–H and O–H groups in total. The molecule has 0 fully saturated rings. The summed E-state index contributed by atoms with van der Waals surface area (Å²) in [6.45, 7) is 4.47. The van der Waals surface area contributed by atoms with Gasteiger partial charge in [0.25, 0.3) is 0 Å². The summed E-state index contributed by atoms with van der Waals surface area (Å²) < 4.78 is 40.1. The standard InChI is InChI=1S/C58H38F2N2S2/c1-3-37-51(33-21-25-35(59)26-22-33)57(61-43-17-9-5-13-39(43)53-45(61)29-31-49-55(53)41-15-7-11-19-47(41)63-49)38(4-2)58(52(37)34-23-27-36(60)28-24-34)62-44-18-10-6-14-40(44)54-46(62)30-32-50-56(54)42-16-8-12-20-48(42)64-50/h5-32H,3-4H2,1-2H3. The Morgan fingerprint density at radius 2 is 0.750 bits per heavy atom. The normalized spacial score (nSPS) is 12.2. The van der Waals surface area contributed by atoms with Crippen LogP contribution in [0.5, 0.6) is 0 Å². The minimum absolute atomic E-state index is 0.282. The first-order valence-corrected chi connectivity index (χ1v) is 23.6. The van der Waals surface area contributed by atoms with Crippen LogP contribution in [0.25, 0.3) is 118 Å². The summed E-state index contributed by atoms with van der Waals surface area (Å²) >= 11 is 3.67. The lowest BCUT2D eigenvalue weighted by Crippen LogP contribution is -2.13. The minimum atomic E-state index is -0.282. The Bertz CT molecular complexity index is 3790. The molecule has 6 heteroatoms. The molecule has 0 radical (unpaired) electrons.